The minimum Gasteiger partial charge on any atom is -0.489 e. The molecule has 0 aliphatic carbocycles. The van der Waals surface area contributed by atoms with Crippen molar-refractivity contribution in [2.75, 3.05) is 0 Å². The number of hydrogen-bond acceptors (Lipinski definition) is 2. The summed E-state index contributed by atoms with van der Waals surface area (Å²) in [4.78, 5) is 4.34. The van der Waals surface area contributed by atoms with Crippen molar-refractivity contribution in [3.8, 4) is 5.75 Å². The Bertz CT molecular complexity index is 749. The molecule has 2 heteroatoms. The Morgan fingerprint density at radius 3 is 2.71 bits per heavy atom. The highest BCUT2D eigenvalue weighted by atomic mass is 16.5. The van der Waals surface area contributed by atoms with Gasteiger partial charge in [-0.05, 0) is 41.3 Å². The van der Waals surface area contributed by atoms with E-state index in [9.17, 15) is 0 Å². The van der Waals surface area contributed by atoms with Gasteiger partial charge in [0.15, 0.2) is 0 Å². The lowest BCUT2D eigenvalue weighted by molar-refractivity contribution is 0.302. The molecule has 0 spiro atoms. The maximum atomic E-state index is 6.01. The van der Waals surface area contributed by atoms with Crippen molar-refractivity contribution >= 4 is 10.9 Å². The van der Waals surface area contributed by atoms with Gasteiger partial charge in [-0.2, -0.15) is 0 Å². The number of pyridine rings is 1. The molecule has 0 bridgehead atoms. The molecule has 0 aliphatic rings. The second-order valence-electron chi connectivity index (χ2n) is 5.51. The molecule has 0 fully saturated rings. The van der Waals surface area contributed by atoms with Crippen LogP contribution in [0.1, 0.15) is 30.9 Å². The van der Waals surface area contributed by atoms with Crippen molar-refractivity contribution in [2.24, 2.45) is 0 Å². The number of nitrogens with zero attached hydrogens (tertiary/aromatic N) is 1. The van der Waals surface area contributed by atoms with E-state index in [1.54, 1.807) is 0 Å². The van der Waals surface area contributed by atoms with Crippen LogP contribution in [0.15, 0.2) is 60.8 Å². The van der Waals surface area contributed by atoms with E-state index in [0.29, 0.717) is 12.5 Å². The van der Waals surface area contributed by atoms with Crippen LogP contribution in [0, 0.1) is 0 Å². The third-order valence-corrected chi connectivity index (χ3v) is 3.60. The van der Waals surface area contributed by atoms with Crippen LogP contribution in [0.4, 0.5) is 0 Å². The third-order valence-electron chi connectivity index (χ3n) is 3.60. The van der Waals surface area contributed by atoms with E-state index in [1.165, 1.54) is 5.56 Å². The van der Waals surface area contributed by atoms with E-state index in [4.69, 9.17) is 4.74 Å². The predicted octanol–water partition coefficient (Wildman–Crippen LogP) is 4.94. The van der Waals surface area contributed by atoms with Gasteiger partial charge >= 0.3 is 0 Å². The van der Waals surface area contributed by atoms with Crippen LogP contribution in [0.2, 0.25) is 0 Å². The Morgan fingerprint density at radius 1 is 1.00 bits per heavy atom. The number of fused-ring (bicyclic) bond motifs is 1. The van der Waals surface area contributed by atoms with Crippen LogP contribution in [-0.4, -0.2) is 4.98 Å². The first-order chi connectivity index (χ1) is 10.2. The van der Waals surface area contributed by atoms with Crippen LogP contribution in [0.3, 0.4) is 0 Å². The smallest absolute Gasteiger partial charge is 0.123 e. The van der Waals surface area contributed by atoms with Crippen LogP contribution in [0.25, 0.3) is 10.9 Å². The summed E-state index contributed by atoms with van der Waals surface area (Å²) in [5.41, 5.74) is 3.43. The molecule has 1 aromatic heterocycles. The van der Waals surface area contributed by atoms with Gasteiger partial charge in [-0.25, -0.2) is 0 Å². The average molecular weight is 277 g/mol. The van der Waals surface area contributed by atoms with Crippen molar-refractivity contribution in [3.05, 3.63) is 71.9 Å². The summed E-state index contributed by atoms with van der Waals surface area (Å²) in [5, 5.41) is 1.15. The summed E-state index contributed by atoms with van der Waals surface area (Å²) in [6.45, 7) is 4.95. The molecule has 2 aromatic carbocycles. The average Bonchev–Trinajstić information content (AvgIpc) is 2.53. The Morgan fingerprint density at radius 2 is 1.86 bits per heavy atom. The lowest BCUT2D eigenvalue weighted by Crippen LogP contribution is -1.99. The van der Waals surface area contributed by atoms with Crippen molar-refractivity contribution in [3.63, 3.8) is 0 Å². The van der Waals surface area contributed by atoms with Crippen LogP contribution >= 0.6 is 0 Å². The monoisotopic (exact) mass is 277 g/mol. The fourth-order valence-electron chi connectivity index (χ4n) is 2.46. The van der Waals surface area contributed by atoms with Gasteiger partial charge in [0.05, 0.1) is 5.52 Å². The van der Waals surface area contributed by atoms with Crippen LogP contribution in [-0.2, 0) is 6.61 Å². The fraction of sp³-hybridized carbons (Fsp3) is 0.211. The lowest BCUT2D eigenvalue weighted by Gasteiger charge is -2.14. The largest absolute Gasteiger partial charge is 0.489 e. The number of ether oxygens (including phenoxy) is 1. The normalized spacial score (nSPS) is 11.0. The number of aromatic nitrogens is 1. The number of rotatable bonds is 4. The van der Waals surface area contributed by atoms with Gasteiger partial charge in [-0.15, -0.1) is 0 Å². The maximum Gasteiger partial charge on any atom is 0.123 e. The number of hydrogen-bond donors (Lipinski definition) is 0. The topological polar surface area (TPSA) is 22.1 Å². The van der Waals surface area contributed by atoms with Crippen molar-refractivity contribution in [1.82, 2.24) is 4.98 Å². The molecule has 3 rings (SSSR count). The predicted molar refractivity (Wildman–Crippen MR) is 86.6 cm³/mol. The first-order valence-corrected chi connectivity index (χ1v) is 7.29. The van der Waals surface area contributed by atoms with Crippen molar-refractivity contribution in [1.29, 1.82) is 0 Å². The highest BCUT2D eigenvalue weighted by molar-refractivity contribution is 5.78. The minimum absolute atomic E-state index is 0.460. The molecular weight excluding hydrogens is 258 g/mol. The summed E-state index contributed by atoms with van der Waals surface area (Å²) in [6.07, 6.45) is 1.82. The summed E-state index contributed by atoms with van der Waals surface area (Å²) in [6, 6.07) is 18.5. The van der Waals surface area contributed by atoms with E-state index < -0.39 is 0 Å². The quantitative estimate of drug-likeness (QED) is 0.674. The minimum atomic E-state index is 0.460. The molecule has 0 N–H and O–H groups in total. The zero-order chi connectivity index (χ0) is 14.7. The molecular formula is C19H19NO. The standard InChI is InChI=1S/C19H19NO/c1-14(2)17-7-3-4-8-19(17)21-13-15-9-10-18-16(12-15)6-5-11-20-18/h3-12,14H,13H2,1-2H3. The highest BCUT2D eigenvalue weighted by Gasteiger charge is 2.07. The van der Waals surface area contributed by atoms with Crippen LogP contribution < -0.4 is 4.74 Å². The number of benzene rings is 2. The molecule has 106 valence electrons. The highest BCUT2D eigenvalue weighted by Crippen LogP contribution is 2.26. The second-order valence-corrected chi connectivity index (χ2v) is 5.51. The number of para-hydroxylation sites is 1. The molecule has 0 atom stereocenters. The molecule has 0 amide bonds. The summed E-state index contributed by atoms with van der Waals surface area (Å²) in [5.74, 6) is 1.43. The van der Waals surface area contributed by atoms with E-state index in [2.05, 4.69) is 49.2 Å². The van der Waals surface area contributed by atoms with Gasteiger partial charge in [0.25, 0.3) is 0 Å². The first kappa shape index (κ1) is 13.6. The van der Waals surface area contributed by atoms with Gasteiger partial charge in [-0.1, -0.05) is 44.2 Å². The lowest BCUT2D eigenvalue weighted by atomic mass is 10.0. The Labute approximate surface area is 125 Å². The Balaban J connectivity index is 1.80. The molecule has 0 saturated carbocycles. The molecule has 0 aliphatic heterocycles. The first-order valence-electron chi connectivity index (χ1n) is 7.29. The molecule has 21 heavy (non-hydrogen) atoms. The van der Waals surface area contributed by atoms with Gasteiger partial charge in [0, 0.05) is 11.6 Å². The maximum absolute atomic E-state index is 6.01. The Hall–Kier alpha value is -2.35. The zero-order valence-electron chi connectivity index (χ0n) is 12.4. The van der Waals surface area contributed by atoms with E-state index in [-0.39, 0.29) is 0 Å². The molecule has 2 nitrogen and oxygen atoms in total. The summed E-state index contributed by atoms with van der Waals surface area (Å²) >= 11 is 0. The third kappa shape index (κ3) is 3.05. The van der Waals surface area contributed by atoms with Crippen LogP contribution in [0.5, 0.6) is 5.75 Å². The van der Waals surface area contributed by atoms with Crippen molar-refractivity contribution in [2.45, 2.75) is 26.4 Å². The zero-order valence-corrected chi connectivity index (χ0v) is 12.4. The summed E-state index contributed by atoms with van der Waals surface area (Å²) in [7, 11) is 0. The summed E-state index contributed by atoms with van der Waals surface area (Å²) < 4.78 is 6.01. The Kier molecular flexibility index (Phi) is 3.87. The second kappa shape index (κ2) is 5.96. The molecule has 0 unspecified atom stereocenters. The van der Waals surface area contributed by atoms with E-state index >= 15 is 0 Å². The molecule has 3 aromatic rings. The van der Waals surface area contributed by atoms with Gasteiger partial charge in [-0.3, -0.25) is 4.98 Å². The van der Waals surface area contributed by atoms with Crippen molar-refractivity contribution < 1.29 is 4.74 Å². The van der Waals surface area contributed by atoms with Gasteiger partial charge < -0.3 is 4.74 Å². The SMILES string of the molecule is CC(C)c1ccccc1OCc1ccc2ncccc2c1. The molecule has 0 saturated heterocycles. The van der Waals surface area contributed by atoms with E-state index in [1.807, 2.05) is 30.5 Å². The van der Waals surface area contributed by atoms with E-state index in [0.717, 1.165) is 22.2 Å². The fourth-order valence-corrected chi connectivity index (χ4v) is 2.46. The molecule has 1 heterocycles. The van der Waals surface area contributed by atoms with Gasteiger partial charge in [0.1, 0.15) is 12.4 Å². The molecule has 0 radical (unpaired) electrons. The van der Waals surface area contributed by atoms with Gasteiger partial charge in [0.2, 0.25) is 0 Å².